The molecule has 1 aromatic rings. The minimum Gasteiger partial charge on any atom is -0.444 e. The number of ether oxygens (including phenoxy) is 1. The maximum absolute atomic E-state index is 12.6. The van der Waals surface area contributed by atoms with E-state index in [0.717, 1.165) is 36.9 Å². The zero-order valence-corrected chi connectivity index (χ0v) is 16.5. The minimum absolute atomic E-state index is 0.107. The number of halogens is 1. The van der Waals surface area contributed by atoms with Gasteiger partial charge in [0.1, 0.15) is 5.60 Å². The highest BCUT2D eigenvalue weighted by atomic mass is 35.5. The van der Waals surface area contributed by atoms with Crippen LogP contribution in [0.4, 0.5) is 10.5 Å². The molecular formula is C20H27ClN2O3. The summed E-state index contributed by atoms with van der Waals surface area (Å²) in [6.45, 7) is 6.90. The van der Waals surface area contributed by atoms with Gasteiger partial charge in [-0.2, -0.15) is 0 Å². The second-order valence-electron chi connectivity index (χ2n) is 8.09. The molecule has 0 saturated carbocycles. The Hall–Kier alpha value is -1.75. The van der Waals surface area contributed by atoms with Crippen molar-refractivity contribution < 1.29 is 14.3 Å². The number of amides is 2. The van der Waals surface area contributed by atoms with Crippen LogP contribution in [0, 0.1) is 0 Å². The number of rotatable bonds is 1. The van der Waals surface area contributed by atoms with Gasteiger partial charge in [0.25, 0.3) is 0 Å². The van der Waals surface area contributed by atoms with Crippen LogP contribution in [-0.4, -0.2) is 41.6 Å². The number of hydrogen-bond donors (Lipinski definition) is 0. The Kier molecular flexibility index (Phi) is 5.47. The van der Waals surface area contributed by atoms with Gasteiger partial charge in [0, 0.05) is 36.3 Å². The van der Waals surface area contributed by atoms with E-state index in [-0.39, 0.29) is 18.0 Å². The highest BCUT2D eigenvalue weighted by Gasteiger charge is 2.33. The van der Waals surface area contributed by atoms with Gasteiger partial charge in [0.05, 0.1) is 0 Å². The number of anilines is 1. The van der Waals surface area contributed by atoms with Crippen LogP contribution in [0.5, 0.6) is 0 Å². The lowest BCUT2D eigenvalue weighted by Crippen LogP contribution is -2.44. The molecule has 2 aliphatic rings. The Bertz CT molecular complexity index is 699. The van der Waals surface area contributed by atoms with Crippen LogP contribution in [0.25, 0.3) is 0 Å². The molecule has 1 fully saturated rings. The summed E-state index contributed by atoms with van der Waals surface area (Å²) < 4.78 is 5.50. The predicted octanol–water partition coefficient (Wildman–Crippen LogP) is 4.41. The largest absolute Gasteiger partial charge is 0.444 e. The SMILES string of the molecule is CC(C)(C)OC(=O)N1CCCC(N2C(=O)CCc3cc(Cl)ccc32)CC1. The van der Waals surface area contributed by atoms with E-state index in [9.17, 15) is 9.59 Å². The number of nitrogens with zero attached hydrogens (tertiary/aromatic N) is 2. The fraction of sp³-hybridized carbons (Fsp3) is 0.600. The van der Waals surface area contributed by atoms with Gasteiger partial charge in [-0.25, -0.2) is 4.79 Å². The van der Waals surface area contributed by atoms with Crippen molar-refractivity contribution in [2.75, 3.05) is 18.0 Å². The number of fused-ring (bicyclic) bond motifs is 1. The van der Waals surface area contributed by atoms with E-state index in [1.54, 1.807) is 4.90 Å². The molecule has 2 amide bonds. The van der Waals surface area contributed by atoms with Gasteiger partial charge >= 0.3 is 6.09 Å². The Morgan fingerprint density at radius 1 is 1.19 bits per heavy atom. The third-order valence-corrected chi connectivity index (χ3v) is 5.13. The third-order valence-electron chi connectivity index (χ3n) is 4.89. The lowest BCUT2D eigenvalue weighted by Gasteiger charge is -2.36. The molecular weight excluding hydrogens is 352 g/mol. The molecule has 2 heterocycles. The lowest BCUT2D eigenvalue weighted by molar-refractivity contribution is -0.119. The minimum atomic E-state index is -0.496. The Morgan fingerprint density at radius 2 is 1.96 bits per heavy atom. The number of carbonyl (C=O) groups is 2. The molecule has 1 atom stereocenters. The fourth-order valence-corrected chi connectivity index (χ4v) is 3.93. The number of aryl methyl sites for hydroxylation is 1. The Morgan fingerprint density at radius 3 is 2.69 bits per heavy atom. The molecule has 142 valence electrons. The van der Waals surface area contributed by atoms with Crippen LogP contribution in [0.15, 0.2) is 18.2 Å². The van der Waals surface area contributed by atoms with Crippen molar-refractivity contribution >= 4 is 29.3 Å². The first-order valence-electron chi connectivity index (χ1n) is 9.33. The van der Waals surface area contributed by atoms with Crippen molar-refractivity contribution in [2.24, 2.45) is 0 Å². The Balaban J connectivity index is 1.73. The van der Waals surface area contributed by atoms with Crippen LogP contribution in [0.1, 0.15) is 52.0 Å². The molecule has 1 unspecified atom stereocenters. The summed E-state index contributed by atoms with van der Waals surface area (Å²) >= 11 is 6.12. The van der Waals surface area contributed by atoms with E-state index in [1.165, 1.54) is 0 Å². The van der Waals surface area contributed by atoms with Crippen LogP contribution >= 0.6 is 11.6 Å². The number of carbonyl (C=O) groups excluding carboxylic acids is 2. The van der Waals surface area contributed by atoms with Crippen molar-refractivity contribution in [3.63, 3.8) is 0 Å². The highest BCUT2D eigenvalue weighted by Crippen LogP contribution is 2.34. The van der Waals surface area contributed by atoms with Gasteiger partial charge in [-0.1, -0.05) is 11.6 Å². The molecule has 0 bridgehead atoms. The van der Waals surface area contributed by atoms with E-state index in [0.29, 0.717) is 24.5 Å². The fourth-order valence-electron chi connectivity index (χ4n) is 3.73. The average Bonchev–Trinajstić information content (AvgIpc) is 2.79. The van der Waals surface area contributed by atoms with Crippen molar-refractivity contribution in [3.05, 3.63) is 28.8 Å². The lowest BCUT2D eigenvalue weighted by atomic mass is 9.97. The molecule has 3 rings (SSSR count). The van der Waals surface area contributed by atoms with Gasteiger partial charge in [0.2, 0.25) is 5.91 Å². The second-order valence-corrected chi connectivity index (χ2v) is 8.53. The molecule has 26 heavy (non-hydrogen) atoms. The molecule has 0 spiro atoms. The number of hydrogen-bond acceptors (Lipinski definition) is 3. The predicted molar refractivity (Wildman–Crippen MR) is 103 cm³/mol. The van der Waals surface area contributed by atoms with Crippen LogP contribution in [0.3, 0.4) is 0 Å². The van der Waals surface area contributed by atoms with E-state index >= 15 is 0 Å². The topological polar surface area (TPSA) is 49.9 Å². The average molecular weight is 379 g/mol. The van der Waals surface area contributed by atoms with E-state index in [2.05, 4.69) is 0 Å². The zero-order valence-electron chi connectivity index (χ0n) is 15.8. The molecule has 1 saturated heterocycles. The zero-order chi connectivity index (χ0) is 18.9. The van der Waals surface area contributed by atoms with Crippen molar-refractivity contribution in [2.45, 2.75) is 64.5 Å². The molecule has 6 heteroatoms. The van der Waals surface area contributed by atoms with Crippen LogP contribution in [-0.2, 0) is 16.0 Å². The summed E-state index contributed by atoms with van der Waals surface area (Å²) in [5.41, 5.74) is 1.61. The smallest absolute Gasteiger partial charge is 0.410 e. The van der Waals surface area contributed by atoms with Gasteiger partial charge in [-0.15, -0.1) is 0 Å². The standard InChI is InChI=1S/C20H27ClN2O3/c1-20(2,3)26-19(25)22-11-4-5-16(10-12-22)23-17-8-7-15(21)13-14(17)6-9-18(23)24/h7-8,13,16H,4-6,9-12H2,1-3H3. The first-order chi connectivity index (χ1) is 12.2. The van der Waals surface area contributed by atoms with E-state index < -0.39 is 5.60 Å². The summed E-state index contributed by atoms with van der Waals surface area (Å²) in [4.78, 5) is 28.7. The maximum Gasteiger partial charge on any atom is 0.410 e. The van der Waals surface area contributed by atoms with Crippen LogP contribution in [0.2, 0.25) is 5.02 Å². The van der Waals surface area contributed by atoms with E-state index in [1.807, 2.05) is 43.9 Å². The molecule has 0 N–H and O–H groups in total. The highest BCUT2D eigenvalue weighted by molar-refractivity contribution is 6.30. The third kappa shape index (κ3) is 4.32. The molecule has 0 radical (unpaired) electrons. The summed E-state index contributed by atoms with van der Waals surface area (Å²) in [5.74, 6) is 0.163. The van der Waals surface area contributed by atoms with Crippen molar-refractivity contribution in [3.8, 4) is 0 Å². The van der Waals surface area contributed by atoms with E-state index in [4.69, 9.17) is 16.3 Å². The second kappa shape index (κ2) is 7.47. The summed E-state index contributed by atoms with van der Waals surface area (Å²) in [6.07, 6.45) is 3.48. The van der Waals surface area contributed by atoms with Crippen LogP contribution < -0.4 is 4.90 Å². The quantitative estimate of drug-likeness (QED) is 0.727. The molecule has 1 aromatic carbocycles. The number of likely N-dealkylation sites (tertiary alicyclic amines) is 1. The first kappa shape index (κ1) is 19.0. The first-order valence-corrected chi connectivity index (χ1v) is 9.71. The summed E-state index contributed by atoms with van der Waals surface area (Å²) in [7, 11) is 0. The normalized spacial score (nSPS) is 21.2. The van der Waals surface area contributed by atoms with Gasteiger partial charge < -0.3 is 14.5 Å². The summed E-state index contributed by atoms with van der Waals surface area (Å²) in [6, 6.07) is 5.86. The van der Waals surface area contributed by atoms with Crippen molar-refractivity contribution in [1.82, 2.24) is 4.90 Å². The van der Waals surface area contributed by atoms with Crippen molar-refractivity contribution in [1.29, 1.82) is 0 Å². The van der Waals surface area contributed by atoms with Gasteiger partial charge in [-0.05, 0) is 70.2 Å². The van der Waals surface area contributed by atoms with Gasteiger partial charge in [0.15, 0.2) is 0 Å². The molecule has 5 nitrogen and oxygen atoms in total. The van der Waals surface area contributed by atoms with Gasteiger partial charge in [-0.3, -0.25) is 4.79 Å². The molecule has 2 aliphatic heterocycles. The number of benzene rings is 1. The maximum atomic E-state index is 12.6. The molecule has 0 aromatic heterocycles. The monoisotopic (exact) mass is 378 g/mol. The summed E-state index contributed by atoms with van der Waals surface area (Å²) in [5, 5.41) is 0.704. The molecule has 0 aliphatic carbocycles. The Labute approximate surface area is 160 Å².